The van der Waals surface area contributed by atoms with Crippen LogP contribution in [0.3, 0.4) is 0 Å². The second-order valence-corrected chi connectivity index (χ2v) is 6.21. The van der Waals surface area contributed by atoms with Crippen LogP contribution >= 0.6 is 0 Å². The van der Waals surface area contributed by atoms with Gasteiger partial charge < -0.3 is 10.0 Å². The Bertz CT molecular complexity index is 756. The average molecular weight is 323 g/mol. The van der Waals surface area contributed by atoms with Crippen molar-refractivity contribution < 1.29 is 14.7 Å². The molecule has 4 heteroatoms. The molecule has 0 spiro atoms. The first kappa shape index (κ1) is 16.4. The van der Waals surface area contributed by atoms with Crippen LogP contribution < -0.4 is 4.90 Å². The van der Waals surface area contributed by atoms with E-state index in [1.165, 1.54) is 0 Å². The van der Waals surface area contributed by atoms with E-state index in [1.54, 1.807) is 17.0 Å². The number of nitrogens with zero attached hydrogens (tertiary/aromatic N) is 1. The van der Waals surface area contributed by atoms with E-state index in [2.05, 4.69) is 0 Å². The smallest absolute Gasteiger partial charge is 0.264 e. The number of hydrogen-bond acceptors (Lipinski definition) is 3. The first-order valence-electron chi connectivity index (χ1n) is 8.25. The molecule has 1 N–H and O–H groups in total. The van der Waals surface area contributed by atoms with Crippen molar-refractivity contribution in [1.82, 2.24) is 0 Å². The van der Waals surface area contributed by atoms with Gasteiger partial charge in [-0.05, 0) is 18.1 Å². The second-order valence-electron chi connectivity index (χ2n) is 6.21. The lowest BCUT2D eigenvalue weighted by molar-refractivity contribution is -0.141. The molecule has 1 heterocycles. The number of anilines is 1. The Morgan fingerprint density at radius 2 is 1.75 bits per heavy atom. The van der Waals surface area contributed by atoms with Gasteiger partial charge in [0, 0.05) is 24.9 Å². The third kappa shape index (κ3) is 2.85. The highest BCUT2D eigenvalue weighted by atomic mass is 16.3. The molecule has 0 fully saturated rings. The fourth-order valence-electron chi connectivity index (χ4n) is 3.29. The molecule has 0 aromatic heterocycles. The molecule has 1 amide bonds. The highest BCUT2D eigenvalue weighted by Crippen LogP contribution is 2.42. The van der Waals surface area contributed by atoms with Crippen LogP contribution in [0.15, 0.2) is 54.6 Å². The number of fused-ring (bicyclic) bond motifs is 1. The van der Waals surface area contributed by atoms with Gasteiger partial charge in [-0.15, -0.1) is 0 Å². The number of carbonyl (C=O) groups is 2. The number of benzene rings is 2. The number of rotatable bonds is 6. The maximum Gasteiger partial charge on any atom is 0.264 e. The van der Waals surface area contributed by atoms with Crippen LogP contribution in [0.2, 0.25) is 0 Å². The SMILES string of the molecule is CCCN1C(=O)[C@](O)(CC(=O)Cc2ccccc2)c2ccccc21. The van der Waals surface area contributed by atoms with Gasteiger partial charge in [-0.2, -0.15) is 0 Å². The lowest BCUT2D eigenvalue weighted by atomic mass is 9.88. The zero-order chi connectivity index (χ0) is 17.2. The third-order valence-electron chi connectivity index (χ3n) is 4.38. The molecule has 1 aliphatic heterocycles. The molecule has 24 heavy (non-hydrogen) atoms. The molecule has 0 saturated heterocycles. The van der Waals surface area contributed by atoms with E-state index >= 15 is 0 Å². The summed E-state index contributed by atoms with van der Waals surface area (Å²) in [7, 11) is 0. The summed E-state index contributed by atoms with van der Waals surface area (Å²) in [5, 5.41) is 11.0. The number of aliphatic hydroxyl groups is 1. The Morgan fingerprint density at radius 3 is 2.46 bits per heavy atom. The van der Waals surface area contributed by atoms with Gasteiger partial charge in [0.2, 0.25) is 0 Å². The number of hydrogen-bond donors (Lipinski definition) is 1. The Morgan fingerprint density at radius 1 is 1.08 bits per heavy atom. The summed E-state index contributed by atoms with van der Waals surface area (Å²) in [5.74, 6) is -0.544. The highest BCUT2D eigenvalue weighted by molar-refractivity contribution is 6.09. The molecule has 124 valence electrons. The number of Topliss-reactive ketones (excluding diaryl/α,β-unsaturated/α-hetero) is 1. The van der Waals surface area contributed by atoms with E-state index in [4.69, 9.17) is 0 Å². The normalized spacial score (nSPS) is 19.4. The molecule has 0 unspecified atom stereocenters. The quantitative estimate of drug-likeness (QED) is 0.889. The topological polar surface area (TPSA) is 57.6 Å². The van der Waals surface area contributed by atoms with Crippen LogP contribution in [0.5, 0.6) is 0 Å². The fraction of sp³-hybridized carbons (Fsp3) is 0.300. The first-order valence-corrected chi connectivity index (χ1v) is 8.25. The van der Waals surface area contributed by atoms with Gasteiger partial charge in [0.1, 0.15) is 5.78 Å². The maximum absolute atomic E-state index is 12.8. The van der Waals surface area contributed by atoms with Gasteiger partial charge in [0.05, 0.1) is 5.69 Å². The zero-order valence-corrected chi connectivity index (χ0v) is 13.7. The number of amides is 1. The molecule has 0 aliphatic carbocycles. The van der Waals surface area contributed by atoms with Crippen LogP contribution in [-0.4, -0.2) is 23.3 Å². The van der Waals surface area contributed by atoms with Crippen molar-refractivity contribution in [1.29, 1.82) is 0 Å². The molecule has 0 saturated carbocycles. The molecule has 1 aliphatic rings. The lowest BCUT2D eigenvalue weighted by Gasteiger charge is -2.22. The maximum atomic E-state index is 12.8. The fourth-order valence-corrected chi connectivity index (χ4v) is 3.29. The molecular weight excluding hydrogens is 302 g/mol. The summed E-state index contributed by atoms with van der Waals surface area (Å²) in [6.45, 7) is 2.51. The van der Waals surface area contributed by atoms with Crippen LogP contribution in [0.4, 0.5) is 5.69 Å². The largest absolute Gasteiger partial charge is 0.375 e. The van der Waals surface area contributed by atoms with E-state index < -0.39 is 11.5 Å². The van der Waals surface area contributed by atoms with E-state index in [9.17, 15) is 14.7 Å². The minimum Gasteiger partial charge on any atom is -0.375 e. The Hall–Kier alpha value is -2.46. The molecule has 2 aromatic rings. The monoisotopic (exact) mass is 323 g/mol. The molecule has 4 nitrogen and oxygen atoms in total. The van der Waals surface area contributed by atoms with Crippen LogP contribution in [-0.2, 0) is 21.6 Å². The molecule has 2 aromatic carbocycles. The molecule has 0 bridgehead atoms. The molecule has 3 rings (SSSR count). The number of ketones is 1. The minimum absolute atomic E-state index is 0.148. The van der Waals surface area contributed by atoms with Gasteiger partial charge in [-0.3, -0.25) is 9.59 Å². The first-order chi connectivity index (χ1) is 11.6. The number of para-hydroxylation sites is 1. The number of carbonyl (C=O) groups excluding carboxylic acids is 2. The van der Waals surface area contributed by atoms with Gasteiger partial charge in [-0.1, -0.05) is 55.5 Å². The Labute approximate surface area is 141 Å². The Balaban J connectivity index is 1.86. The summed E-state index contributed by atoms with van der Waals surface area (Å²) in [5.41, 5.74) is 0.372. The van der Waals surface area contributed by atoms with Crippen molar-refractivity contribution in [3.8, 4) is 0 Å². The minimum atomic E-state index is -1.75. The van der Waals surface area contributed by atoms with E-state index in [-0.39, 0.29) is 18.6 Å². The van der Waals surface area contributed by atoms with E-state index in [0.717, 1.165) is 12.0 Å². The summed E-state index contributed by atoms with van der Waals surface area (Å²) in [6, 6.07) is 16.6. The van der Waals surface area contributed by atoms with Crippen molar-refractivity contribution in [3.63, 3.8) is 0 Å². The van der Waals surface area contributed by atoms with Gasteiger partial charge in [-0.25, -0.2) is 0 Å². The molecular formula is C20H21NO3. The van der Waals surface area contributed by atoms with Crippen molar-refractivity contribution in [3.05, 3.63) is 65.7 Å². The van der Waals surface area contributed by atoms with Crippen molar-refractivity contribution in [2.75, 3.05) is 11.4 Å². The van der Waals surface area contributed by atoms with E-state index in [0.29, 0.717) is 17.8 Å². The standard InChI is InChI=1S/C20H21NO3/c1-2-12-21-18-11-7-6-10-17(18)20(24,19(21)23)14-16(22)13-15-8-4-3-5-9-15/h3-11,24H,2,12-14H2,1H3/t20-/m0/s1. The van der Waals surface area contributed by atoms with E-state index in [1.807, 2.05) is 49.4 Å². The summed E-state index contributed by atoms with van der Waals surface area (Å²) >= 11 is 0. The predicted molar refractivity (Wildman–Crippen MR) is 92.8 cm³/mol. The van der Waals surface area contributed by atoms with Crippen LogP contribution in [0.25, 0.3) is 0 Å². The predicted octanol–water partition coefficient (Wildman–Crippen LogP) is 2.83. The summed E-state index contributed by atoms with van der Waals surface area (Å²) in [6.07, 6.45) is 0.804. The van der Waals surface area contributed by atoms with Gasteiger partial charge in [0.15, 0.2) is 5.60 Å². The van der Waals surface area contributed by atoms with Crippen molar-refractivity contribution in [2.45, 2.75) is 31.8 Å². The van der Waals surface area contributed by atoms with Gasteiger partial charge >= 0.3 is 0 Å². The molecule has 0 radical (unpaired) electrons. The summed E-state index contributed by atoms with van der Waals surface area (Å²) < 4.78 is 0. The summed E-state index contributed by atoms with van der Waals surface area (Å²) in [4.78, 5) is 26.8. The molecule has 1 atom stereocenters. The van der Waals surface area contributed by atoms with Crippen molar-refractivity contribution >= 4 is 17.4 Å². The highest BCUT2D eigenvalue weighted by Gasteiger charge is 2.50. The van der Waals surface area contributed by atoms with Crippen LogP contribution in [0, 0.1) is 0 Å². The second kappa shape index (κ2) is 6.57. The van der Waals surface area contributed by atoms with Gasteiger partial charge in [0.25, 0.3) is 5.91 Å². The lowest BCUT2D eigenvalue weighted by Crippen LogP contribution is -2.42. The zero-order valence-electron chi connectivity index (χ0n) is 13.7. The van der Waals surface area contributed by atoms with Crippen molar-refractivity contribution in [2.24, 2.45) is 0 Å². The van der Waals surface area contributed by atoms with Crippen LogP contribution in [0.1, 0.15) is 30.9 Å². The third-order valence-corrected chi connectivity index (χ3v) is 4.38. The average Bonchev–Trinajstić information content (AvgIpc) is 2.78. The Kier molecular flexibility index (Phi) is 4.49.